The molecule has 2 rings (SSSR count). The molecule has 1 N–H and O–H groups in total. The Labute approximate surface area is 146 Å². The highest BCUT2D eigenvalue weighted by Crippen LogP contribution is 2.29. The lowest BCUT2D eigenvalue weighted by molar-refractivity contribution is -0.122. The van der Waals surface area contributed by atoms with Crippen molar-refractivity contribution in [3.05, 3.63) is 47.5 Å². The van der Waals surface area contributed by atoms with Crippen LogP contribution in [-0.4, -0.2) is 25.7 Å². The first kappa shape index (κ1) is 17.9. The number of halogens is 1. The van der Waals surface area contributed by atoms with Crippen molar-refractivity contribution < 1.29 is 19.0 Å². The smallest absolute Gasteiger partial charge is 0.265 e. The number of rotatable bonds is 7. The van der Waals surface area contributed by atoms with E-state index in [1.807, 2.05) is 19.1 Å². The summed E-state index contributed by atoms with van der Waals surface area (Å²) in [7, 11) is 1.52. The van der Waals surface area contributed by atoms with E-state index in [2.05, 4.69) is 5.32 Å². The Hall–Kier alpha value is -2.40. The number of ether oxygens (including phenoxy) is 3. The van der Waals surface area contributed by atoms with Crippen LogP contribution in [0.4, 0.5) is 5.69 Å². The lowest BCUT2D eigenvalue weighted by Crippen LogP contribution is -2.30. The van der Waals surface area contributed by atoms with E-state index in [-0.39, 0.29) is 5.91 Å². The Morgan fingerprint density at radius 2 is 1.88 bits per heavy atom. The molecule has 0 radical (unpaired) electrons. The minimum absolute atomic E-state index is 0.318. The summed E-state index contributed by atoms with van der Waals surface area (Å²) in [5.41, 5.74) is 0.489. The van der Waals surface area contributed by atoms with Gasteiger partial charge in [-0.05, 0) is 44.2 Å². The largest absolute Gasteiger partial charge is 0.495 e. The molecule has 0 aliphatic rings. The molecule has 5 nitrogen and oxygen atoms in total. The molecule has 0 saturated carbocycles. The van der Waals surface area contributed by atoms with Crippen LogP contribution in [-0.2, 0) is 4.79 Å². The van der Waals surface area contributed by atoms with Crippen molar-refractivity contribution in [2.75, 3.05) is 19.0 Å². The van der Waals surface area contributed by atoms with Crippen LogP contribution in [0.1, 0.15) is 13.8 Å². The Morgan fingerprint density at radius 1 is 1.17 bits per heavy atom. The number of nitrogens with one attached hydrogen (secondary N) is 1. The van der Waals surface area contributed by atoms with Crippen LogP contribution >= 0.6 is 11.6 Å². The maximum atomic E-state index is 12.4. The molecular weight excluding hydrogens is 330 g/mol. The SMILES string of the molecule is CCOc1ccccc1O[C@@H](C)C(=O)Nc1cc(Cl)ccc1OC. The van der Waals surface area contributed by atoms with Crippen LogP contribution in [0.25, 0.3) is 0 Å². The zero-order valence-corrected chi connectivity index (χ0v) is 14.6. The Morgan fingerprint density at radius 3 is 2.54 bits per heavy atom. The fourth-order valence-corrected chi connectivity index (χ4v) is 2.25. The van der Waals surface area contributed by atoms with Crippen LogP contribution in [0.3, 0.4) is 0 Å². The average Bonchev–Trinajstić information content (AvgIpc) is 2.57. The summed E-state index contributed by atoms with van der Waals surface area (Å²) >= 11 is 5.97. The molecule has 2 aromatic rings. The molecular formula is C18H20ClNO4. The Kier molecular flexibility index (Phi) is 6.32. The van der Waals surface area contributed by atoms with Gasteiger partial charge in [-0.3, -0.25) is 4.79 Å². The van der Waals surface area contributed by atoms with Crippen molar-refractivity contribution in [3.63, 3.8) is 0 Å². The Bertz CT molecular complexity index is 705. The molecule has 1 amide bonds. The van der Waals surface area contributed by atoms with Gasteiger partial charge in [0, 0.05) is 5.02 Å². The van der Waals surface area contributed by atoms with E-state index in [0.29, 0.717) is 34.6 Å². The summed E-state index contributed by atoms with van der Waals surface area (Å²) in [6.45, 7) is 4.06. The minimum atomic E-state index is -0.727. The third-order valence-electron chi connectivity index (χ3n) is 3.24. The van der Waals surface area contributed by atoms with E-state index in [1.165, 1.54) is 7.11 Å². The van der Waals surface area contributed by atoms with E-state index in [4.69, 9.17) is 25.8 Å². The van der Waals surface area contributed by atoms with Crippen molar-refractivity contribution in [1.82, 2.24) is 0 Å². The van der Waals surface area contributed by atoms with Gasteiger partial charge in [0.15, 0.2) is 17.6 Å². The number of hydrogen-bond acceptors (Lipinski definition) is 4. The van der Waals surface area contributed by atoms with E-state index < -0.39 is 6.10 Å². The number of methoxy groups -OCH3 is 1. The van der Waals surface area contributed by atoms with Gasteiger partial charge < -0.3 is 19.5 Å². The lowest BCUT2D eigenvalue weighted by atomic mass is 10.2. The average molecular weight is 350 g/mol. The van der Waals surface area contributed by atoms with E-state index in [9.17, 15) is 4.79 Å². The topological polar surface area (TPSA) is 56.8 Å². The number of anilines is 1. The first-order valence-corrected chi connectivity index (χ1v) is 7.95. The molecule has 1 atom stereocenters. The quantitative estimate of drug-likeness (QED) is 0.815. The highest BCUT2D eigenvalue weighted by molar-refractivity contribution is 6.31. The van der Waals surface area contributed by atoms with Crippen molar-refractivity contribution in [2.24, 2.45) is 0 Å². The van der Waals surface area contributed by atoms with Crippen molar-refractivity contribution >= 4 is 23.2 Å². The van der Waals surface area contributed by atoms with E-state index in [0.717, 1.165) is 0 Å². The van der Waals surface area contributed by atoms with Gasteiger partial charge in [0.25, 0.3) is 5.91 Å². The van der Waals surface area contributed by atoms with Gasteiger partial charge in [0.1, 0.15) is 5.75 Å². The molecule has 0 aliphatic carbocycles. The molecule has 0 heterocycles. The molecule has 0 aromatic heterocycles. The summed E-state index contributed by atoms with van der Waals surface area (Å²) in [4.78, 5) is 12.4. The van der Waals surface area contributed by atoms with E-state index >= 15 is 0 Å². The fraction of sp³-hybridized carbons (Fsp3) is 0.278. The Balaban J connectivity index is 2.09. The summed E-state index contributed by atoms with van der Waals surface area (Å²) in [6, 6.07) is 12.2. The standard InChI is InChI=1S/C18H20ClNO4/c1-4-23-16-7-5-6-8-17(16)24-12(2)18(21)20-14-11-13(19)9-10-15(14)22-3/h5-12H,4H2,1-3H3,(H,20,21)/t12-/m0/s1. The molecule has 0 fully saturated rings. The van der Waals surface area contributed by atoms with Gasteiger partial charge in [-0.2, -0.15) is 0 Å². The van der Waals surface area contributed by atoms with Crippen molar-refractivity contribution in [1.29, 1.82) is 0 Å². The summed E-state index contributed by atoms with van der Waals surface area (Å²) < 4.78 is 16.4. The van der Waals surface area contributed by atoms with Gasteiger partial charge >= 0.3 is 0 Å². The number of carbonyl (C=O) groups is 1. The van der Waals surface area contributed by atoms with Gasteiger partial charge in [-0.15, -0.1) is 0 Å². The van der Waals surface area contributed by atoms with Gasteiger partial charge in [-0.25, -0.2) is 0 Å². The van der Waals surface area contributed by atoms with Crippen LogP contribution in [0.15, 0.2) is 42.5 Å². The van der Waals surface area contributed by atoms with Gasteiger partial charge in [-0.1, -0.05) is 23.7 Å². The van der Waals surface area contributed by atoms with Crippen LogP contribution < -0.4 is 19.5 Å². The molecule has 0 saturated heterocycles. The highest BCUT2D eigenvalue weighted by atomic mass is 35.5. The molecule has 0 spiro atoms. The van der Waals surface area contributed by atoms with Crippen molar-refractivity contribution in [3.8, 4) is 17.2 Å². The zero-order valence-electron chi connectivity index (χ0n) is 13.8. The fourth-order valence-electron chi connectivity index (χ4n) is 2.08. The van der Waals surface area contributed by atoms with Crippen LogP contribution in [0.5, 0.6) is 17.2 Å². The second kappa shape index (κ2) is 8.45. The number of carbonyl (C=O) groups excluding carboxylic acids is 1. The number of para-hydroxylation sites is 2. The minimum Gasteiger partial charge on any atom is -0.495 e. The third kappa shape index (κ3) is 4.55. The van der Waals surface area contributed by atoms with Crippen molar-refractivity contribution in [2.45, 2.75) is 20.0 Å². The zero-order chi connectivity index (χ0) is 17.5. The second-order valence-electron chi connectivity index (χ2n) is 4.97. The summed E-state index contributed by atoms with van der Waals surface area (Å²) in [6.07, 6.45) is -0.727. The molecule has 6 heteroatoms. The molecule has 0 aliphatic heterocycles. The maximum Gasteiger partial charge on any atom is 0.265 e. The normalized spacial score (nSPS) is 11.5. The maximum absolute atomic E-state index is 12.4. The lowest BCUT2D eigenvalue weighted by Gasteiger charge is -2.18. The predicted octanol–water partition coefficient (Wildman–Crippen LogP) is 4.15. The van der Waals surface area contributed by atoms with Crippen LogP contribution in [0.2, 0.25) is 5.02 Å². The second-order valence-corrected chi connectivity index (χ2v) is 5.41. The highest BCUT2D eigenvalue weighted by Gasteiger charge is 2.18. The number of benzene rings is 2. The summed E-state index contributed by atoms with van der Waals surface area (Å²) in [5.74, 6) is 1.32. The third-order valence-corrected chi connectivity index (χ3v) is 3.48. The molecule has 24 heavy (non-hydrogen) atoms. The molecule has 0 bridgehead atoms. The molecule has 2 aromatic carbocycles. The van der Waals surface area contributed by atoms with E-state index in [1.54, 1.807) is 37.3 Å². The summed E-state index contributed by atoms with van der Waals surface area (Å²) in [5, 5.41) is 3.26. The monoisotopic (exact) mass is 349 g/mol. The first-order valence-electron chi connectivity index (χ1n) is 7.58. The van der Waals surface area contributed by atoms with Crippen LogP contribution in [0, 0.1) is 0 Å². The van der Waals surface area contributed by atoms with Gasteiger partial charge in [0.05, 0.1) is 19.4 Å². The first-order chi connectivity index (χ1) is 11.5. The molecule has 0 unspecified atom stereocenters. The number of amides is 1. The predicted molar refractivity (Wildman–Crippen MR) is 94.3 cm³/mol. The number of hydrogen-bond donors (Lipinski definition) is 1. The van der Waals surface area contributed by atoms with Gasteiger partial charge in [0.2, 0.25) is 0 Å². The molecule has 128 valence electrons.